The van der Waals surface area contributed by atoms with Gasteiger partial charge >= 0.3 is 0 Å². The van der Waals surface area contributed by atoms with E-state index in [0.717, 1.165) is 0 Å². The molecule has 16 heavy (non-hydrogen) atoms. The third-order valence-electron chi connectivity index (χ3n) is 2.64. The van der Waals surface area contributed by atoms with Crippen molar-refractivity contribution in [3.63, 3.8) is 0 Å². The van der Waals surface area contributed by atoms with Crippen molar-refractivity contribution < 1.29 is 4.39 Å². The fraction of sp³-hybridized carbons (Fsp3) is 0.385. The van der Waals surface area contributed by atoms with Gasteiger partial charge in [-0.15, -0.1) is 0 Å². The lowest BCUT2D eigenvalue weighted by Gasteiger charge is -2.19. The molecule has 0 bridgehead atoms. The molecule has 0 amide bonds. The molecule has 1 unspecified atom stereocenters. The van der Waals surface area contributed by atoms with Crippen molar-refractivity contribution in [2.45, 2.75) is 26.2 Å². The van der Waals surface area contributed by atoms with E-state index in [2.05, 4.69) is 6.07 Å². The van der Waals surface area contributed by atoms with Crippen LogP contribution in [-0.2, 0) is 0 Å². The van der Waals surface area contributed by atoms with Crippen molar-refractivity contribution in [2.75, 3.05) is 0 Å². The van der Waals surface area contributed by atoms with E-state index in [1.165, 1.54) is 18.2 Å². The van der Waals surface area contributed by atoms with E-state index in [1.54, 1.807) is 0 Å². The Morgan fingerprint density at radius 1 is 1.31 bits per heavy atom. The van der Waals surface area contributed by atoms with Crippen molar-refractivity contribution in [1.82, 2.24) is 0 Å². The molecule has 0 N–H and O–H groups in total. The van der Waals surface area contributed by atoms with Crippen LogP contribution in [0.1, 0.15) is 37.3 Å². The van der Waals surface area contributed by atoms with Crippen LogP contribution in [0, 0.1) is 34.4 Å². The van der Waals surface area contributed by atoms with Gasteiger partial charge in [-0.1, -0.05) is 13.8 Å². The average molecular weight is 216 g/mol. The minimum Gasteiger partial charge on any atom is -0.207 e. The molecular formula is C13H13FN2. The van der Waals surface area contributed by atoms with E-state index in [1.807, 2.05) is 19.9 Å². The molecule has 0 fully saturated rings. The van der Waals surface area contributed by atoms with Crippen LogP contribution in [0.15, 0.2) is 18.2 Å². The van der Waals surface area contributed by atoms with Crippen molar-refractivity contribution in [2.24, 2.45) is 5.92 Å². The minimum atomic E-state index is -0.340. The summed E-state index contributed by atoms with van der Waals surface area (Å²) in [6.07, 6.45) is 0.267. The molecule has 0 heterocycles. The Labute approximate surface area is 94.9 Å². The summed E-state index contributed by atoms with van der Waals surface area (Å²) in [5.74, 6) is -0.325. The highest BCUT2D eigenvalue weighted by molar-refractivity contribution is 5.36. The minimum absolute atomic E-state index is 0.154. The van der Waals surface area contributed by atoms with Crippen molar-refractivity contribution in [3.05, 3.63) is 35.1 Å². The van der Waals surface area contributed by atoms with Crippen molar-refractivity contribution in [3.8, 4) is 12.1 Å². The Bertz CT molecular complexity index is 452. The second-order valence-corrected chi connectivity index (χ2v) is 4.06. The summed E-state index contributed by atoms with van der Waals surface area (Å²) in [5, 5.41) is 17.5. The molecule has 3 heteroatoms. The zero-order chi connectivity index (χ0) is 12.1. The fourth-order valence-electron chi connectivity index (χ4n) is 1.70. The Morgan fingerprint density at radius 2 is 2.00 bits per heavy atom. The van der Waals surface area contributed by atoms with Crippen LogP contribution in [-0.4, -0.2) is 0 Å². The number of nitrogens with zero attached hydrogens (tertiary/aromatic N) is 2. The summed E-state index contributed by atoms with van der Waals surface area (Å²) in [5.41, 5.74) is 0.899. The number of benzene rings is 1. The Balaban J connectivity index is 3.19. The second kappa shape index (κ2) is 5.28. The van der Waals surface area contributed by atoms with Gasteiger partial charge in [-0.2, -0.15) is 10.5 Å². The van der Waals surface area contributed by atoms with Crippen LogP contribution in [0.3, 0.4) is 0 Å². The maximum Gasteiger partial charge on any atom is 0.126 e. The highest BCUT2D eigenvalue weighted by Gasteiger charge is 2.19. The van der Waals surface area contributed by atoms with Gasteiger partial charge in [0.2, 0.25) is 0 Å². The third kappa shape index (κ3) is 2.58. The monoisotopic (exact) mass is 216 g/mol. The smallest absolute Gasteiger partial charge is 0.126 e. The van der Waals surface area contributed by atoms with Gasteiger partial charge < -0.3 is 0 Å². The fourth-order valence-corrected chi connectivity index (χ4v) is 1.70. The number of rotatable bonds is 3. The lowest BCUT2D eigenvalue weighted by molar-refractivity contribution is 0.478. The SMILES string of the molecule is CC(C)C(CC#N)c1cc(C#N)ccc1F. The predicted molar refractivity (Wildman–Crippen MR) is 58.9 cm³/mol. The zero-order valence-electron chi connectivity index (χ0n) is 9.37. The normalized spacial score (nSPS) is 11.9. The summed E-state index contributed by atoms with van der Waals surface area (Å²) in [7, 11) is 0. The Kier molecular flexibility index (Phi) is 4.03. The molecule has 0 radical (unpaired) electrons. The summed E-state index contributed by atoms with van der Waals surface area (Å²) >= 11 is 0. The molecule has 0 aromatic heterocycles. The van der Waals surface area contributed by atoms with Gasteiger partial charge in [0.25, 0.3) is 0 Å². The molecule has 2 nitrogen and oxygen atoms in total. The maximum atomic E-state index is 13.6. The van der Waals surface area contributed by atoms with Crippen molar-refractivity contribution in [1.29, 1.82) is 10.5 Å². The van der Waals surface area contributed by atoms with Crippen LogP contribution < -0.4 is 0 Å². The Hall–Kier alpha value is -1.87. The molecule has 0 aliphatic heterocycles. The summed E-state index contributed by atoms with van der Waals surface area (Å²) < 4.78 is 13.6. The van der Waals surface area contributed by atoms with Gasteiger partial charge in [-0.25, -0.2) is 4.39 Å². The first-order chi connectivity index (χ1) is 7.60. The molecule has 0 aliphatic carbocycles. The van der Waals surface area contributed by atoms with Crippen LogP contribution in [0.4, 0.5) is 4.39 Å². The topological polar surface area (TPSA) is 47.6 Å². The van der Waals surface area contributed by atoms with E-state index in [9.17, 15) is 4.39 Å². The molecule has 1 rings (SSSR count). The quantitative estimate of drug-likeness (QED) is 0.777. The average Bonchev–Trinajstić information content (AvgIpc) is 2.27. The van der Waals surface area contributed by atoms with E-state index < -0.39 is 0 Å². The highest BCUT2D eigenvalue weighted by Crippen LogP contribution is 2.30. The van der Waals surface area contributed by atoms with Gasteiger partial charge in [-0.3, -0.25) is 0 Å². The van der Waals surface area contributed by atoms with E-state index >= 15 is 0 Å². The van der Waals surface area contributed by atoms with Crippen LogP contribution >= 0.6 is 0 Å². The zero-order valence-corrected chi connectivity index (χ0v) is 9.37. The summed E-state index contributed by atoms with van der Waals surface area (Å²) in [4.78, 5) is 0. The maximum absolute atomic E-state index is 13.6. The second-order valence-electron chi connectivity index (χ2n) is 4.06. The first kappa shape index (κ1) is 12.2. The molecule has 1 atom stereocenters. The standard InChI is InChI=1S/C13H13FN2/c1-9(2)11(5-6-15)12-7-10(8-16)3-4-13(12)14/h3-4,7,9,11H,5H2,1-2H3. The van der Waals surface area contributed by atoms with Gasteiger partial charge in [-0.05, 0) is 29.7 Å². The first-order valence-corrected chi connectivity index (χ1v) is 5.16. The summed E-state index contributed by atoms with van der Waals surface area (Å²) in [6, 6.07) is 8.32. The largest absolute Gasteiger partial charge is 0.207 e. The van der Waals surface area contributed by atoms with E-state index in [4.69, 9.17) is 10.5 Å². The predicted octanol–water partition coefficient (Wildman–Crippen LogP) is 3.35. The van der Waals surface area contributed by atoms with Crippen molar-refractivity contribution >= 4 is 0 Å². The first-order valence-electron chi connectivity index (χ1n) is 5.16. The summed E-state index contributed by atoms with van der Waals surface area (Å²) in [6.45, 7) is 3.89. The molecule has 82 valence electrons. The molecule has 1 aromatic rings. The van der Waals surface area contributed by atoms with Gasteiger partial charge in [0.15, 0.2) is 0 Å². The molecule has 0 spiro atoms. The van der Waals surface area contributed by atoms with Gasteiger partial charge in [0, 0.05) is 12.3 Å². The number of halogens is 1. The number of hydrogen-bond donors (Lipinski definition) is 0. The van der Waals surface area contributed by atoms with E-state index in [0.29, 0.717) is 11.1 Å². The highest BCUT2D eigenvalue weighted by atomic mass is 19.1. The van der Waals surface area contributed by atoms with Gasteiger partial charge in [0.1, 0.15) is 5.82 Å². The van der Waals surface area contributed by atoms with E-state index in [-0.39, 0.29) is 24.1 Å². The third-order valence-corrected chi connectivity index (χ3v) is 2.64. The lowest BCUT2D eigenvalue weighted by atomic mass is 9.85. The molecule has 0 saturated heterocycles. The van der Waals surface area contributed by atoms with Crippen LogP contribution in [0.5, 0.6) is 0 Å². The molecule has 0 aliphatic rings. The van der Waals surface area contributed by atoms with Gasteiger partial charge in [0.05, 0.1) is 17.7 Å². The number of hydrogen-bond acceptors (Lipinski definition) is 2. The van der Waals surface area contributed by atoms with Crippen LogP contribution in [0.2, 0.25) is 0 Å². The lowest BCUT2D eigenvalue weighted by Crippen LogP contribution is -2.08. The number of nitriles is 2. The molecule has 1 aromatic carbocycles. The molecular weight excluding hydrogens is 203 g/mol. The van der Waals surface area contributed by atoms with Crippen LogP contribution in [0.25, 0.3) is 0 Å². The molecule has 0 saturated carbocycles. The Morgan fingerprint density at radius 3 is 2.50 bits per heavy atom.